The van der Waals surface area contributed by atoms with Crippen LogP contribution in [0.4, 0.5) is 0 Å². The Labute approximate surface area is 73.5 Å². The third kappa shape index (κ3) is 2.06. The smallest absolute Gasteiger partial charge is 0.0576 e. The fourth-order valence-corrected chi connectivity index (χ4v) is 0.929. The van der Waals surface area contributed by atoms with Gasteiger partial charge in [-0.1, -0.05) is 37.5 Å². The average Bonchev–Trinajstić information content (AvgIpc) is 2.12. The Bertz CT molecular complexity index is 286. The second-order valence-corrected chi connectivity index (χ2v) is 2.72. The molecule has 0 radical (unpaired) electrons. The minimum Gasteiger partial charge on any atom is -0.285 e. The molecule has 0 unspecified atom stereocenters. The van der Waals surface area contributed by atoms with Crippen molar-refractivity contribution < 1.29 is 0 Å². The van der Waals surface area contributed by atoms with Crippen molar-refractivity contribution in [3.05, 3.63) is 48.6 Å². The lowest BCUT2D eigenvalue weighted by Gasteiger charge is -2.02. The van der Waals surface area contributed by atoms with Crippen LogP contribution in [0.5, 0.6) is 0 Å². The topological polar surface area (TPSA) is 12.4 Å². The second kappa shape index (κ2) is 3.86. The summed E-state index contributed by atoms with van der Waals surface area (Å²) >= 11 is 0. The van der Waals surface area contributed by atoms with E-state index in [0.29, 0.717) is 0 Å². The van der Waals surface area contributed by atoms with Crippen LogP contribution in [0.1, 0.15) is 6.92 Å². The Kier molecular flexibility index (Phi) is 2.81. The van der Waals surface area contributed by atoms with Crippen molar-refractivity contribution in [1.82, 2.24) is 0 Å². The van der Waals surface area contributed by atoms with E-state index in [4.69, 9.17) is 0 Å². The van der Waals surface area contributed by atoms with Gasteiger partial charge in [-0.05, 0) is 18.1 Å². The molecule has 0 aromatic rings. The van der Waals surface area contributed by atoms with E-state index in [2.05, 4.69) is 18.2 Å². The molecule has 0 atom stereocenters. The molecule has 0 bridgehead atoms. The van der Waals surface area contributed by atoms with Crippen LogP contribution >= 0.6 is 0 Å². The van der Waals surface area contributed by atoms with Gasteiger partial charge in [0.2, 0.25) is 0 Å². The van der Waals surface area contributed by atoms with Crippen LogP contribution in [0.3, 0.4) is 0 Å². The summed E-state index contributed by atoms with van der Waals surface area (Å²) in [5.74, 6) is 0. The quantitative estimate of drug-likeness (QED) is 0.515. The van der Waals surface area contributed by atoms with Gasteiger partial charge in [0.05, 0.1) is 6.54 Å². The van der Waals surface area contributed by atoms with Gasteiger partial charge in [0.25, 0.3) is 0 Å². The maximum Gasteiger partial charge on any atom is 0.0576 e. The van der Waals surface area contributed by atoms with Crippen LogP contribution in [-0.2, 0) is 0 Å². The monoisotopic (exact) mass is 159 g/mol. The van der Waals surface area contributed by atoms with Crippen LogP contribution in [0.2, 0.25) is 0 Å². The lowest BCUT2D eigenvalue weighted by atomic mass is 10.1. The molecular weight excluding hydrogens is 146 g/mol. The number of nitrogens with zero attached hydrogens (tertiary/aromatic N) is 1. The van der Waals surface area contributed by atoms with Gasteiger partial charge in [-0.3, -0.25) is 4.99 Å². The van der Waals surface area contributed by atoms with Gasteiger partial charge in [0, 0.05) is 5.71 Å². The minimum absolute atomic E-state index is 0.725. The van der Waals surface area contributed by atoms with E-state index in [-0.39, 0.29) is 0 Å². The third-order valence-corrected chi connectivity index (χ3v) is 1.80. The largest absolute Gasteiger partial charge is 0.285 e. The molecule has 0 saturated carbocycles. The van der Waals surface area contributed by atoms with Crippen molar-refractivity contribution >= 4 is 5.71 Å². The number of rotatable bonds is 0. The summed E-state index contributed by atoms with van der Waals surface area (Å²) < 4.78 is 0. The van der Waals surface area contributed by atoms with E-state index >= 15 is 0 Å². The molecule has 0 amide bonds. The van der Waals surface area contributed by atoms with Crippen LogP contribution in [-0.4, -0.2) is 12.3 Å². The van der Waals surface area contributed by atoms with Crippen molar-refractivity contribution in [2.45, 2.75) is 6.92 Å². The standard InChI is InChI=1S/C11H13N/c1-9-7-5-4-6-8-12-11(3)10(9)2/h4-7H,1-2,8H2,3H3/b6-4-,7-5-,12-11?. The summed E-state index contributed by atoms with van der Waals surface area (Å²) in [4.78, 5) is 4.30. The van der Waals surface area contributed by atoms with Gasteiger partial charge in [-0.2, -0.15) is 0 Å². The van der Waals surface area contributed by atoms with Gasteiger partial charge in [0.15, 0.2) is 0 Å². The highest BCUT2D eigenvalue weighted by atomic mass is 14.7. The first kappa shape index (κ1) is 8.72. The Hall–Kier alpha value is -1.37. The lowest BCUT2D eigenvalue weighted by molar-refractivity contribution is 1.24. The van der Waals surface area contributed by atoms with Gasteiger partial charge in [-0.15, -0.1) is 0 Å². The van der Waals surface area contributed by atoms with Crippen molar-refractivity contribution in [1.29, 1.82) is 0 Å². The molecule has 0 aromatic heterocycles. The highest BCUT2D eigenvalue weighted by Crippen LogP contribution is 2.10. The predicted molar refractivity (Wildman–Crippen MR) is 54.5 cm³/mol. The highest BCUT2D eigenvalue weighted by Gasteiger charge is 2.00. The summed E-state index contributed by atoms with van der Waals surface area (Å²) in [7, 11) is 0. The molecule has 1 aliphatic heterocycles. The summed E-state index contributed by atoms with van der Waals surface area (Å²) in [5, 5.41) is 0. The zero-order chi connectivity index (χ0) is 8.97. The normalized spacial score (nSPS) is 23.6. The molecule has 0 saturated heterocycles. The van der Waals surface area contributed by atoms with Crippen LogP contribution in [0.25, 0.3) is 0 Å². The maximum atomic E-state index is 4.30. The zero-order valence-corrected chi connectivity index (χ0v) is 7.38. The van der Waals surface area contributed by atoms with Gasteiger partial charge < -0.3 is 0 Å². The molecule has 0 aromatic carbocycles. The highest BCUT2D eigenvalue weighted by molar-refractivity contribution is 6.02. The van der Waals surface area contributed by atoms with Crippen LogP contribution in [0.15, 0.2) is 53.6 Å². The van der Waals surface area contributed by atoms with E-state index < -0.39 is 0 Å². The Balaban J connectivity index is 2.95. The zero-order valence-electron chi connectivity index (χ0n) is 7.38. The van der Waals surface area contributed by atoms with Gasteiger partial charge >= 0.3 is 0 Å². The van der Waals surface area contributed by atoms with Crippen LogP contribution in [0, 0.1) is 0 Å². The Morgan fingerprint density at radius 2 is 2.08 bits per heavy atom. The van der Waals surface area contributed by atoms with Crippen molar-refractivity contribution in [2.24, 2.45) is 4.99 Å². The molecule has 0 spiro atoms. The van der Waals surface area contributed by atoms with Crippen molar-refractivity contribution in [2.75, 3.05) is 6.54 Å². The number of allylic oxidation sites excluding steroid dienone is 5. The fourth-order valence-electron chi connectivity index (χ4n) is 0.929. The third-order valence-electron chi connectivity index (χ3n) is 1.80. The molecule has 0 fully saturated rings. The minimum atomic E-state index is 0.725. The van der Waals surface area contributed by atoms with Crippen molar-refractivity contribution in [3.63, 3.8) is 0 Å². The van der Waals surface area contributed by atoms with E-state index in [1.165, 1.54) is 0 Å². The summed E-state index contributed by atoms with van der Waals surface area (Å²) in [6.45, 7) is 10.5. The fraction of sp³-hybridized carbons (Fsp3) is 0.182. The summed E-state index contributed by atoms with van der Waals surface area (Å²) in [6.07, 6.45) is 7.89. The van der Waals surface area contributed by atoms with Crippen molar-refractivity contribution in [3.8, 4) is 0 Å². The van der Waals surface area contributed by atoms with E-state index in [1.807, 2.05) is 31.2 Å². The average molecular weight is 159 g/mol. The first-order chi connectivity index (χ1) is 5.72. The molecule has 0 N–H and O–H groups in total. The second-order valence-electron chi connectivity index (χ2n) is 2.72. The molecule has 62 valence electrons. The number of hydrogen-bond donors (Lipinski definition) is 0. The Morgan fingerprint density at radius 3 is 2.83 bits per heavy atom. The first-order valence-corrected chi connectivity index (χ1v) is 3.94. The molecule has 1 rings (SSSR count). The lowest BCUT2D eigenvalue weighted by Crippen LogP contribution is -1.97. The van der Waals surface area contributed by atoms with Gasteiger partial charge in [0.1, 0.15) is 0 Å². The molecule has 12 heavy (non-hydrogen) atoms. The maximum absolute atomic E-state index is 4.30. The molecule has 1 aliphatic rings. The van der Waals surface area contributed by atoms with Gasteiger partial charge in [-0.25, -0.2) is 0 Å². The van der Waals surface area contributed by atoms with Crippen LogP contribution < -0.4 is 0 Å². The molecule has 1 heterocycles. The number of aliphatic imine (C=N–C) groups is 1. The molecule has 1 nitrogen and oxygen atoms in total. The first-order valence-electron chi connectivity index (χ1n) is 3.94. The van der Waals surface area contributed by atoms with E-state index in [1.54, 1.807) is 0 Å². The summed E-state index contributed by atoms with van der Waals surface area (Å²) in [6, 6.07) is 0. The van der Waals surface area contributed by atoms with E-state index in [0.717, 1.165) is 23.4 Å². The number of hydrogen-bond acceptors (Lipinski definition) is 1. The molecule has 0 aliphatic carbocycles. The van der Waals surface area contributed by atoms with E-state index in [9.17, 15) is 0 Å². The summed E-state index contributed by atoms with van der Waals surface area (Å²) in [5.41, 5.74) is 2.83. The SMILES string of the molecule is C=C1/C=C\C=C/CN=C(C)C1=C. The predicted octanol–water partition coefficient (Wildman–Crippen LogP) is 2.69. The molecule has 1 heteroatoms. The Morgan fingerprint density at radius 1 is 1.33 bits per heavy atom. The molecular formula is C11H13N.